The highest BCUT2D eigenvalue weighted by atomic mass is 32.1. The van der Waals surface area contributed by atoms with Crippen molar-refractivity contribution in [2.45, 2.75) is 13.5 Å². The van der Waals surface area contributed by atoms with E-state index in [0.717, 1.165) is 10.5 Å². The maximum absolute atomic E-state index is 5.54. The minimum absolute atomic E-state index is 0.418. The first kappa shape index (κ1) is 12.5. The molecule has 0 aliphatic heterocycles. The second-order valence-corrected chi connectivity index (χ2v) is 4.63. The lowest BCUT2D eigenvalue weighted by Gasteiger charge is -2.01. The van der Waals surface area contributed by atoms with Crippen LogP contribution in [0.15, 0.2) is 54.2 Å². The van der Waals surface area contributed by atoms with Crippen molar-refractivity contribution >= 4 is 27.5 Å². The average molecular weight is 258 g/mol. The number of ether oxygens (including phenoxy) is 1. The molecule has 3 nitrogen and oxygen atoms in total. The van der Waals surface area contributed by atoms with Crippen LogP contribution in [0.2, 0.25) is 0 Å². The quantitative estimate of drug-likeness (QED) is 0.615. The monoisotopic (exact) mass is 258 g/mol. The van der Waals surface area contributed by atoms with E-state index < -0.39 is 0 Å². The predicted octanol–water partition coefficient (Wildman–Crippen LogP) is 3.93. The number of rotatable bonds is 4. The molecule has 0 saturated carbocycles. The molecule has 0 amide bonds. The molecule has 0 atom stereocenters. The van der Waals surface area contributed by atoms with Gasteiger partial charge >= 0.3 is 0 Å². The summed E-state index contributed by atoms with van der Waals surface area (Å²) in [5.41, 5.74) is 1.01. The van der Waals surface area contributed by atoms with E-state index in [9.17, 15) is 0 Å². The maximum atomic E-state index is 5.54. The number of allylic oxidation sites excluding steroid dienone is 1. The molecule has 2 aromatic rings. The van der Waals surface area contributed by atoms with Gasteiger partial charge in [-0.25, -0.2) is 9.98 Å². The van der Waals surface area contributed by atoms with Crippen molar-refractivity contribution in [3.63, 3.8) is 0 Å². The van der Waals surface area contributed by atoms with E-state index >= 15 is 0 Å². The van der Waals surface area contributed by atoms with Gasteiger partial charge in [0.05, 0.1) is 10.2 Å². The van der Waals surface area contributed by atoms with Crippen LogP contribution in [0.3, 0.4) is 0 Å². The Bertz CT molecular complexity index is 566. The summed E-state index contributed by atoms with van der Waals surface area (Å²) in [4.78, 5) is 8.59. The molecule has 0 aliphatic carbocycles. The highest BCUT2D eigenvalue weighted by Gasteiger charge is 2.04. The SMILES string of the molecule is C=CC(=N/C=C\C)OCc1nc2ccccc2s1. The van der Waals surface area contributed by atoms with Crippen LogP contribution in [0.5, 0.6) is 0 Å². The molecule has 0 saturated heterocycles. The first-order valence-corrected chi connectivity index (χ1v) is 6.44. The number of hydrogen-bond donors (Lipinski definition) is 0. The zero-order valence-corrected chi connectivity index (χ0v) is 11.0. The Labute approximate surface area is 110 Å². The summed E-state index contributed by atoms with van der Waals surface area (Å²) >= 11 is 1.63. The Balaban J connectivity index is 2.07. The van der Waals surface area contributed by atoms with E-state index in [1.165, 1.54) is 4.70 Å². The zero-order valence-electron chi connectivity index (χ0n) is 10.2. The number of hydrogen-bond acceptors (Lipinski definition) is 4. The van der Waals surface area contributed by atoms with Gasteiger partial charge in [0.25, 0.3) is 0 Å². The summed E-state index contributed by atoms with van der Waals surface area (Å²) in [6, 6.07) is 8.04. The van der Waals surface area contributed by atoms with E-state index in [1.807, 2.05) is 31.2 Å². The number of aromatic nitrogens is 1. The summed E-state index contributed by atoms with van der Waals surface area (Å²) in [5.74, 6) is 0.507. The largest absolute Gasteiger partial charge is 0.470 e. The molecule has 0 radical (unpaired) electrons. The fraction of sp³-hybridized carbons (Fsp3) is 0.143. The lowest BCUT2D eigenvalue weighted by molar-refractivity contribution is 0.295. The molecule has 1 aromatic carbocycles. The first-order chi connectivity index (χ1) is 8.83. The molecule has 0 bridgehead atoms. The van der Waals surface area contributed by atoms with Gasteiger partial charge in [-0.2, -0.15) is 0 Å². The molecule has 18 heavy (non-hydrogen) atoms. The van der Waals surface area contributed by atoms with Gasteiger partial charge in [0.2, 0.25) is 5.90 Å². The van der Waals surface area contributed by atoms with Crippen LogP contribution in [0.1, 0.15) is 11.9 Å². The Morgan fingerprint density at radius 1 is 1.50 bits per heavy atom. The third-order valence-electron chi connectivity index (χ3n) is 2.21. The fourth-order valence-electron chi connectivity index (χ4n) is 1.41. The Hall–Kier alpha value is -1.94. The number of benzene rings is 1. The van der Waals surface area contributed by atoms with Gasteiger partial charge in [-0.15, -0.1) is 11.3 Å². The number of nitrogens with zero attached hydrogens (tertiary/aromatic N) is 2. The van der Waals surface area contributed by atoms with Crippen LogP contribution in [0.25, 0.3) is 10.2 Å². The van der Waals surface area contributed by atoms with Crippen LogP contribution in [0.4, 0.5) is 0 Å². The lowest BCUT2D eigenvalue weighted by atomic mass is 10.3. The molecule has 0 N–H and O–H groups in total. The van der Waals surface area contributed by atoms with Crippen molar-refractivity contribution in [3.8, 4) is 0 Å². The van der Waals surface area contributed by atoms with Crippen LogP contribution in [-0.4, -0.2) is 10.9 Å². The number of para-hydroxylation sites is 1. The summed E-state index contributed by atoms with van der Waals surface area (Å²) in [5, 5.41) is 0.936. The van der Waals surface area contributed by atoms with Crippen LogP contribution >= 0.6 is 11.3 Å². The van der Waals surface area contributed by atoms with Gasteiger partial charge < -0.3 is 4.74 Å². The molecular formula is C14H14N2OS. The number of fused-ring (bicyclic) bond motifs is 1. The third kappa shape index (κ3) is 3.05. The topological polar surface area (TPSA) is 34.5 Å². The molecular weight excluding hydrogens is 244 g/mol. The zero-order chi connectivity index (χ0) is 12.8. The normalized spacial score (nSPS) is 12.2. The van der Waals surface area contributed by atoms with Crippen molar-refractivity contribution in [2.75, 3.05) is 0 Å². The summed E-state index contributed by atoms with van der Waals surface area (Å²) in [6.45, 7) is 5.98. The van der Waals surface area contributed by atoms with Crippen molar-refractivity contribution in [1.29, 1.82) is 0 Å². The molecule has 1 heterocycles. The van der Waals surface area contributed by atoms with Gasteiger partial charge in [-0.1, -0.05) is 24.8 Å². The lowest BCUT2D eigenvalue weighted by Crippen LogP contribution is -2.00. The van der Waals surface area contributed by atoms with Gasteiger partial charge in [0, 0.05) is 6.20 Å². The standard InChI is InChI=1S/C14H14N2OS/c1-3-9-15-13(4-2)17-10-14-16-11-7-5-6-8-12(11)18-14/h3-9H,2,10H2,1H3/b9-3-,15-13?. The molecule has 92 valence electrons. The summed E-state index contributed by atoms with van der Waals surface area (Å²) in [6.07, 6.45) is 5.10. The minimum atomic E-state index is 0.418. The molecule has 0 spiro atoms. The van der Waals surface area contributed by atoms with Crippen molar-refractivity contribution < 1.29 is 4.74 Å². The minimum Gasteiger partial charge on any atom is -0.470 e. The average Bonchev–Trinajstić information content (AvgIpc) is 2.81. The number of thiazole rings is 1. The van der Waals surface area contributed by atoms with Crippen molar-refractivity contribution in [3.05, 3.63) is 54.2 Å². The van der Waals surface area contributed by atoms with Crippen LogP contribution < -0.4 is 0 Å². The molecule has 4 heteroatoms. The highest BCUT2D eigenvalue weighted by Crippen LogP contribution is 2.21. The van der Waals surface area contributed by atoms with E-state index in [1.54, 1.807) is 23.6 Å². The molecule has 2 rings (SSSR count). The smallest absolute Gasteiger partial charge is 0.212 e. The second-order valence-electron chi connectivity index (χ2n) is 3.52. The first-order valence-electron chi connectivity index (χ1n) is 5.62. The van der Waals surface area contributed by atoms with Crippen LogP contribution in [-0.2, 0) is 11.3 Å². The Morgan fingerprint density at radius 3 is 3.06 bits per heavy atom. The second kappa shape index (κ2) is 6.12. The van der Waals surface area contributed by atoms with Crippen molar-refractivity contribution in [2.24, 2.45) is 4.99 Å². The third-order valence-corrected chi connectivity index (χ3v) is 3.22. The molecule has 0 unspecified atom stereocenters. The predicted molar refractivity (Wildman–Crippen MR) is 76.9 cm³/mol. The van der Waals surface area contributed by atoms with Gasteiger partial charge in [0.1, 0.15) is 11.6 Å². The molecule has 0 fully saturated rings. The Kier molecular flexibility index (Phi) is 4.25. The van der Waals surface area contributed by atoms with Gasteiger partial charge in [0.15, 0.2) is 0 Å². The highest BCUT2D eigenvalue weighted by molar-refractivity contribution is 7.18. The maximum Gasteiger partial charge on any atom is 0.212 e. The van der Waals surface area contributed by atoms with Crippen LogP contribution in [0, 0.1) is 0 Å². The fourth-order valence-corrected chi connectivity index (χ4v) is 2.29. The summed E-state index contributed by atoms with van der Waals surface area (Å²) in [7, 11) is 0. The van der Waals surface area contributed by atoms with E-state index in [0.29, 0.717) is 12.5 Å². The molecule has 0 aliphatic rings. The number of aliphatic imine (C=N–C) groups is 1. The van der Waals surface area contributed by atoms with Gasteiger partial charge in [-0.05, 0) is 25.1 Å². The molecule has 1 aromatic heterocycles. The van der Waals surface area contributed by atoms with Crippen molar-refractivity contribution in [1.82, 2.24) is 4.98 Å². The van der Waals surface area contributed by atoms with E-state index in [2.05, 4.69) is 22.6 Å². The summed E-state index contributed by atoms with van der Waals surface area (Å²) < 4.78 is 6.71. The van der Waals surface area contributed by atoms with E-state index in [4.69, 9.17) is 4.74 Å². The van der Waals surface area contributed by atoms with Gasteiger partial charge in [-0.3, -0.25) is 0 Å². The van der Waals surface area contributed by atoms with E-state index in [-0.39, 0.29) is 0 Å². The Morgan fingerprint density at radius 2 is 2.33 bits per heavy atom.